The molecule has 0 fully saturated rings. The van der Waals surface area contributed by atoms with Crippen LogP contribution in [0.3, 0.4) is 0 Å². The zero-order valence-electron chi connectivity index (χ0n) is 9.35. The first-order valence-corrected chi connectivity index (χ1v) is 5.82. The number of fused-ring (bicyclic) bond motifs is 1. The normalized spacial score (nSPS) is 16.1. The van der Waals surface area contributed by atoms with Gasteiger partial charge in [-0.3, -0.25) is 4.79 Å². The summed E-state index contributed by atoms with van der Waals surface area (Å²) in [4.78, 5) is 12.8. The summed E-state index contributed by atoms with van der Waals surface area (Å²) in [5, 5.41) is 8.91. The van der Waals surface area contributed by atoms with Crippen molar-refractivity contribution in [3.8, 4) is 0 Å². The third-order valence-electron chi connectivity index (χ3n) is 3.03. The molecule has 0 saturated heterocycles. The SMILES string of the molecule is O=C(O)CN1CCCCCc2ccccc21. The predicted octanol–water partition coefficient (Wildman–Crippen LogP) is 2.30. The van der Waals surface area contributed by atoms with E-state index >= 15 is 0 Å². The molecule has 0 aromatic heterocycles. The fraction of sp³-hybridized carbons (Fsp3) is 0.462. The fourth-order valence-corrected chi connectivity index (χ4v) is 2.27. The van der Waals surface area contributed by atoms with Crippen LogP contribution in [-0.2, 0) is 11.2 Å². The molecule has 0 amide bonds. The Bertz CT molecular complexity index is 376. The predicted molar refractivity (Wildman–Crippen MR) is 63.8 cm³/mol. The molecule has 1 aromatic carbocycles. The van der Waals surface area contributed by atoms with Crippen molar-refractivity contribution >= 4 is 11.7 Å². The van der Waals surface area contributed by atoms with Crippen LogP contribution in [0.5, 0.6) is 0 Å². The quantitative estimate of drug-likeness (QED) is 0.829. The number of hydrogen-bond donors (Lipinski definition) is 1. The molecule has 1 N–H and O–H groups in total. The second-order valence-electron chi connectivity index (χ2n) is 4.25. The van der Waals surface area contributed by atoms with Crippen LogP contribution in [0, 0.1) is 0 Å². The van der Waals surface area contributed by atoms with Crippen LogP contribution in [0.4, 0.5) is 5.69 Å². The second-order valence-corrected chi connectivity index (χ2v) is 4.25. The summed E-state index contributed by atoms with van der Waals surface area (Å²) >= 11 is 0. The maximum absolute atomic E-state index is 10.8. The number of para-hydroxylation sites is 1. The molecule has 3 nitrogen and oxygen atoms in total. The number of aryl methyl sites for hydroxylation is 1. The van der Waals surface area contributed by atoms with Crippen LogP contribution in [-0.4, -0.2) is 24.2 Å². The third-order valence-corrected chi connectivity index (χ3v) is 3.03. The Hall–Kier alpha value is -1.51. The van der Waals surface area contributed by atoms with Gasteiger partial charge in [0, 0.05) is 12.2 Å². The molecule has 86 valence electrons. The van der Waals surface area contributed by atoms with Crippen LogP contribution in [0.1, 0.15) is 24.8 Å². The number of carbonyl (C=O) groups is 1. The van der Waals surface area contributed by atoms with Gasteiger partial charge in [-0.25, -0.2) is 0 Å². The summed E-state index contributed by atoms with van der Waals surface area (Å²) in [6, 6.07) is 8.15. The minimum Gasteiger partial charge on any atom is -0.480 e. The van der Waals surface area contributed by atoms with Gasteiger partial charge in [0.2, 0.25) is 0 Å². The molecule has 1 heterocycles. The molecule has 1 aliphatic rings. The number of carboxylic acids is 1. The lowest BCUT2D eigenvalue weighted by Crippen LogP contribution is -2.32. The maximum atomic E-state index is 10.8. The topological polar surface area (TPSA) is 40.5 Å². The van der Waals surface area contributed by atoms with Gasteiger partial charge >= 0.3 is 5.97 Å². The van der Waals surface area contributed by atoms with Gasteiger partial charge in [-0.15, -0.1) is 0 Å². The van der Waals surface area contributed by atoms with E-state index in [4.69, 9.17) is 5.11 Å². The monoisotopic (exact) mass is 219 g/mol. The van der Waals surface area contributed by atoms with Crippen molar-refractivity contribution in [2.24, 2.45) is 0 Å². The van der Waals surface area contributed by atoms with Gasteiger partial charge in [0.1, 0.15) is 6.54 Å². The fourth-order valence-electron chi connectivity index (χ4n) is 2.27. The van der Waals surface area contributed by atoms with Crippen LogP contribution in [0.15, 0.2) is 24.3 Å². The molecule has 0 radical (unpaired) electrons. The summed E-state index contributed by atoms with van der Waals surface area (Å²) in [6.45, 7) is 0.959. The lowest BCUT2D eigenvalue weighted by Gasteiger charge is -2.27. The van der Waals surface area contributed by atoms with Crippen molar-refractivity contribution in [2.45, 2.75) is 25.7 Å². The third kappa shape index (κ3) is 2.54. The summed E-state index contributed by atoms with van der Waals surface area (Å²) in [5.41, 5.74) is 2.38. The lowest BCUT2D eigenvalue weighted by molar-refractivity contribution is -0.135. The van der Waals surface area contributed by atoms with Crippen molar-refractivity contribution in [1.82, 2.24) is 0 Å². The van der Waals surface area contributed by atoms with Gasteiger partial charge in [-0.05, 0) is 30.9 Å². The molecular weight excluding hydrogens is 202 g/mol. The number of anilines is 1. The van der Waals surface area contributed by atoms with Crippen molar-refractivity contribution in [3.63, 3.8) is 0 Å². The molecule has 1 aliphatic heterocycles. The van der Waals surface area contributed by atoms with E-state index in [9.17, 15) is 4.79 Å². The molecule has 16 heavy (non-hydrogen) atoms. The van der Waals surface area contributed by atoms with E-state index < -0.39 is 5.97 Å². The van der Waals surface area contributed by atoms with Crippen molar-refractivity contribution in [2.75, 3.05) is 18.0 Å². The first kappa shape index (κ1) is 11.0. The number of nitrogens with zero attached hydrogens (tertiary/aromatic N) is 1. The van der Waals surface area contributed by atoms with Gasteiger partial charge < -0.3 is 10.0 Å². The van der Waals surface area contributed by atoms with Crippen LogP contribution >= 0.6 is 0 Å². The highest BCUT2D eigenvalue weighted by atomic mass is 16.4. The number of hydrogen-bond acceptors (Lipinski definition) is 2. The Morgan fingerprint density at radius 2 is 2.06 bits per heavy atom. The van der Waals surface area contributed by atoms with Crippen molar-refractivity contribution in [3.05, 3.63) is 29.8 Å². The Morgan fingerprint density at radius 1 is 1.25 bits per heavy atom. The number of benzene rings is 1. The molecule has 0 bridgehead atoms. The minimum absolute atomic E-state index is 0.108. The van der Waals surface area contributed by atoms with E-state index in [0.29, 0.717) is 0 Å². The Kier molecular flexibility index (Phi) is 3.44. The summed E-state index contributed by atoms with van der Waals surface area (Å²) < 4.78 is 0. The first-order valence-electron chi connectivity index (χ1n) is 5.82. The minimum atomic E-state index is -0.754. The number of rotatable bonds is 2. The highest BCUT2D eigenvalue weighted by molar-refractivity contribution is 5.74. The number of aliphatic carboxylic acids is 1. The Labute approximate surface area is 95.7 Å². The molecule has 0 spiro atoms. The molecule has 0 unspecified atom stereocenters. The highest BCUT2D eigenvalue weighted by Crippen LogP contribution is 2.25. The number of carboxylic acid groups (broad SMARTS) is 1. The van der Waals surface area contributed by atoms with E-state index in [1.165, 1.54) is 18.4 Å². The average molecular weight is 219 g/mol. The zero-order valence-corrected chi connectivity index (χ0v) is 9.35. The van der Waals surface area contributed by atoms with Gasteiger partial charge in [-0.2, -0.15) is 0 Å². The maximum Gasteiger partial charge on any atom is 0.323 e. The summed E-state index contributed by atoms with van der Waals surface area (Å²) in [5.74, 6) is -0.754. The zero-order chi connectivity index (χ0) is 11.4. The van der Waals surface area contributed by atoms with E-state index in [-0.39, 0.29) is 6.54 Å². The Balaban J connectivity index is 2.27. The summed E-state index contributed by atoms with van der Waals surface area (Å²) in [7, 11) is 0. The molecule has 3 heteroatoms. The van der Waals surface area contributed by atoms with E-state index in [0.717, 1.165) is 25.1 Å². The lowest BCUT2D eigenvalue weighted by atomic mass is 10.0. The van der Waals surface area contributed by atoms with Gasteiger partial charge in [-0.1, -0.05) is 24.6 Å². The van der Waals surface area contributed by atoms with Gasteiger partial charge in [0.05, 0.1) is 0 Å². The van der Waals surface area contributed by atoms with E-state index in [2.05, 4.69) is 6.07 Å². The molecule has 1 aromatic rings. The molecule has 0 atom stereocenters. The Morgan fingerprint density at radius 3 is 2.88 bits per heavy atom. The van der Waals surface area contributed by atoms with Gasteiger partial charge in [0.15, 0.2) is 0 Å². The van der Waals surface area contributed by atoms with Crippen molar-refractivity contribution < 1.29 is 9.90 Å². The molecule has 0 saturated carbocycles. The first-order chi connectivity index (χ1) is 7.77. The summed E-state index contributed by atoms with van der Waals surface area (Å²) in [6.07, 6.45) is 4.54. The molecule has 2 rings (SSSR count). The van der Waals surface area contributed by atoms with E-state index in [1.54, 1.807) is 0 Å². The van der Waals surface area contributed by atoms with Crippen LogP contribution in [0.25, 0.3) is 0 Å². The van der Waals surface area contributed by atoms with Gasteiger partial charge in [0.25, 0.3) is 0 Å². The van der Waals surface area contributed by atoms with Crippen LogP contribution in [0.2, 0.25) is 0 Å². The second kappa shape index (κ2) is 5.01. The van der Waals surface area contributed by atoms with Crippen LogP contribution < -0.4 is 4.90 Å². The molecule has 0 aliphatic carbocycles. The smallest absolute Gasteiger partial charge is 0.323 e. The highest BCUT2D eigenvalue weighted by Gasteiger charge is 2.15. The molecular formula is C13H17NO2. The standard InChI is InChI=1S/C13H17NO2/c15-13(16)10-14-9-5-1-2-6-11-7-3-4-8-12(11)14/h3-4,7-8H,1-2,5-6,9-10H2,(H,15,16). The largest absolute Gasteiger partial charge is 0.480 e. The van der Waals surface area contributed by atoms with E-state index in [1.807, 2.05) is 23.1 Å². The van der Waals surface area contributed by atoms with Crippen molar-refractivity contribution in [1.29, 1.82) is 0 Å². The average Bonchev–Trinajstić information content (AvgIpc) is 2.24.